The Labute approximate surface area is 197 Å². The third-order valence-electron chi connectivity index (χ3n) is 5.48. The maximum Gasteiger partial charge on any atom is 0.264 e. The van der Waals surface area contributed by atoms with E-state index in [0.717, 1.165) is 4.31 Å². The molecule has 8 nitrogen and oxygen atoms in total. The molecule has 1 aliphatic heterocycles. The number of ketones is 1. The molecule has 0 atom stereocenters. The zero-order valence-electron chi connectivity index (χ0n) is 18.7. The van der Waals surface area contributed by atoms with E-state index < -0.39 is 21.7 Å². The number of hydrogen-bond acceptors (Lipinski definition) is 6. The van der Waals surface area contributed by atoms with Gasteiger partial charge in [-0.05, 0) is 24.3 Å². The SMILES string of the molecule is COc1ccc(C(=O)NC2=C(C(=O)c3ccccc3)N(C)S(=O)(=O)c3ccccc32)cc1OC. The predicted octanol–water partition coefficient (Wildman–Crippen LogP) is 3.32. The number of ether oxygens (including phenoxy) is 2. The molecule has 1 heterocycles. The second-order valence-electron chi connectivity index (χ2n) is 7.41. The predicted molar refractivity (Wildman–Crippen MR) is 126 cm³/mol. The van der Waals surface area contributed by atoms with Gasteiger partial charge in [0.2, 0.25) is 5.78 Å². The van der Waals surface area contributed by atoms with Crippen LogP contribution in [0.15, 0.2) is 83.4 Å². The zero-order chi connectivity index (χ0) is 24.5. The molecule has 0 bridgehead atoms. The van der Waals surface area contributed by atoms with Gasteiger partial charge in [0.25, 0.3) is 15.9 Å². The highest BCUT2D eigenvalue weighted by Crippen LogP contribution is 2.36. The van der Waals surface area contributed by atoms with E-state index in [2.05, 4.69) is 5.32 Å². The van der Waals surface area contributed by atoms with Crippen molar-refractivity contribution in [2.45, 2.75) is 4.90 Å². The molecule has 0 aromatic heterocycles. The summed E-state index contributed by atoms with van der Waals surface area (Å²) < 4.78 is 37.8. The first-order valence-electron chi connectivity index (χ1n) is 10.2. The molecule has 0 saturated carbocycles. The second kappa shape index (κ2) is 9.03. The molecule has 0 radical (unpaired) electrons. The van der Waals surface area contributed by atoms with Crippen molar-refractivity contribution in [3.63, 3.8) is 0 Å². The molecular weight excluding hydrogens is 456 g/mol. The Kier molecular flexibility index (Phi) is 6.12. The molecule has 1 aliphatic rings. The van der Waals surface area contributed by atoms with Crippen molar-refractivity contribution >= 4 is 27.4 Å². The van der Waals surface area contributed by atoms with Crippen LogP contribution in [0.4, 0.5) is 0 Å². The number of allylic oxidation sites excluding steroid dienone is 1. The highest BCUT2D eigenvalue weighted by atomic mass is 32.2. The van der Waals surface area contributed by atoms with Crippen LogP contribution in [-0.4, -0.2) is 45.7 Å². The van der Waals surface area contributed by atoms with Crippen LogP contribution in [0.3, 0.4) is 0 Å². The van der Waals surface area contributed by atoms with Crippen LogP contribution >= 0.6 is 0 Å². The number of nitrogens with one attached hydrogen (secondary N) is 1. The van der Waals surface area contributed by atoms with Crippen molar-refractivity contribution in [1.29, 1.82) is 0 Å². The summed E-state index contributed by atoms with van der Waals surface area (Å²) in [6.07, 6.45) is 0. The Bertz CT molecular complexity index is 1410. The monoisotopic (exact) mass is 478 g/mol. The summed E-state index contributed by atoms with van der Waals surface area (Å²) in [6, 6.07) is 19.2. The third-order valence-corrected chi connectivity index (χ3v) is 7.30. The molecule has 174 valence electrons. The van der Waals surface area contributed by atoms with Gasteiger partial charge in [-0.15, -0.1) is 0 Å². The lowest BCUT2D eigenvalue weighted by Crippen LogP contribution is -2.39. The summed E-state index contributed by atoms with van der Waals surface area (Å²) in [4.78, 5) is 26.7. The van der Waals surface area contributed by atoms with Gasteiger partial charge in [-0.3, -0.25) is 13.9 Å². The zero-order valence-corrected chi connectivity index (χ0v) is 19.5. The molecular formula is C25H22N2O6S. The summed E-state index contributed by atoms with van der Waals surface area (Å²) in [6.45, 7) is 0. The number of likely N-dealkylation sites (N-methyl/N-ethyl adjacent to an activating group) is 1. The number of methoxy groups -OCH3 is 2. The van der Waals surface area contributed by atoms with Gasteiger partial charge in [-0.2, -0.15) is 0 Å². The van der Waals surface area contributed by atoms with Crippen molar-refractivity contribution in [1.82, 2.24) is 9.62 Å². The van der Waals surface area contributed by atoms with E-state index in [1.807, 2.05) is 0 Å². The average Bonchev–Trinajstić information content (AvgIpc) is 2.87. The first-order chi connectivity index (χ1) is 16.3. The molecule has 3 aromatic rings. The smallest absolute Gasteiger partial charge is 0.264 e. The highest BCUT2D eigenvalue weighted by molar-refractivity contribution is 7.89. The molecule has 0 unspecified atom stereocenters. The topological polar surface area (TPSA) is 102 Å². The molecule has 0 aliphatic carbocycles. The van der Waals surface area contributed by atoms with E-state index in [1.54, 1.807) is 60.7 Å². The van der Waals surface area contributed by atoms with Gasteiger partial charge in [0.05, 0.1) is 24.8 Å². The molecule has 1 amide bonds. The maximum atomic E-state index is 13.5. The van der Waals surface area contributed by atoms with Crippen LogP contribution < -0.4 is 14.8 Å². The minimum Gasteiger partial charge on any atom is -0.493 e. The Morgan fingerprint density at radius 3 is 2.15 bits per heavy atom. The van der Waals surface area contributed by atoms with E-state index >= 15 is 0 Å². The molecule has 0 saturated heterocycles. The number of hydrogen-bond donors (Lipinski definition) is 1. The molecule has 3 aromatic carbocycles. The average molecular weight is 479 g/mol. The first-order valence-corrected chi connectivity index (χ1v) is 11.7. The lowest BCUT2D eigenvalue weighted by molar-refractivity contribution is 0.0972. The second-order valence-corrected chi connectivity index (χ2v) is 9.35. The lowest BCUT2D eigenvalue weighted by Gasteiger charge is -2.31. The molecule has 4 rings (SSSR count). The van der Waals surface area contributed by atoms with E-state index in [0.29, 0.717) is 11.5 Å². The highest BCUT2D eigenvalue weighted by Gasteiger charge is 2.38. The largest absolute Gasteiger partial charge is 0.493 e. The number of fused-ring (bicyclic) bond motifs is 1. The maximum absolute atomic E-state index is 13.5. The summed E-state index contributed by atoms with van der Waals surface area (Å²) in [5.74, 6) is -0.277. The number of nitrogens with zero attached hydrogens (tertiary/aromatic N) is 1. The van der Waals surface area contributed by atoms with Gasteiger partial charge in [-0.1, -0.05) is 48.5 Å². The minimum absolute atomic E-state index is 0.00952. The fourth-order valence-corrected chi connectivity index (χ4v) is 5.13. The Morgan fingerprint density at radius 1 is 0.824 bits per heavy atom. The van der Waals surface area contributed by atoms with Crippen LogP contribution in [0.2, 0.25) is 0 Å². The fraction of sp³-hybridized carbons (Fsp3) is 0.120. The molecule has 0 fully saturated rings. The number of amides is 1. The van der Waals surface area contributed by atoms with Gasteiger partial charge in [0.15, 0.2) is 11.5 Å². The number of benzene rings is 3. The number of carbonyl (C=O) groups is 2. The molecule has 9 heteroatoms. The van der Waals surface area contributed by atoms with Crippen molar-refractivity contribution in [2.24, 2.45) is 0 Å². The summed E-state index contributed by atoms with van der Waals surface area (Å²) in [5, 5.41) is 2.77. The molecule has 1 N–H and O–H groups in total. The van der Waals surface area contributed by atoms with Gasteiger partial charge in [-0.25, -0.2) is 8.42 Å². The van der Waals surface area contributed by atoms with Crippen molar-refractivity contribution in [3.05, 3.63) is 95.2 Å². The van der Waals surface area contributed by atoms with E-state index in [9.17, 15) is 18.0 Å². The van der Waals surface area contributed by atoms with Crippen LogP contribution in [0, 0.1) is 0 Å². The number of sulfonamides is 1. The summed E-state index contributed by atoms with van der Waals surface area (Å²) in [7, 11) is 0.226. The number of Topliss-reactive ketones (excluding diaryl/α,β-unsaturated/α-hetero) is 1. The first kappa shape index (κ1) is 23.1. The summed E-state index contributed by atoms with van der Waals surface area (Å²) >= 11 is 0. The van der Waals surface area contributed by atoms with Gasteiger partial charge >= 0.3 is 0 Å². The Morgan fingerprint density at radius 2 is 1.47 bits per heavy atom. The van der Waals surface area contributed by atoms with Crippen molar-refractivity contribution in [2.75, 3.05) is 21.3 Å². The van der Waals surface area contributed by atoms with Gasteiger partial charge in [0, 0.05) is 23.7 Å². The van der Waals surface area contributed by atoms with Gasteiger partial charge < -0.3 is 14.8 Å². The van der Waals surface area contributed by atoms with E-state index in [1.165, 1.54) is 33.4 Å². The Balaban J connectivity index is 1.88. The van der Waals surface area contributed by atoms with Gasteiger partial charge in [0.1, 0.15) is 5.70 Å². The van der Waals surface area contributed by atoms with Crippen LogP contribution in [0.1, 0.15) is 26.3 Å². The van der Waals surface area contributed by atoms with Crippen molar-refractivity contribution < 1.29 is 27.5 Å². The quantitative estimate of drug-likeness (QED) is 0.546. The number of carbonyl (C=O) groups excluding carboxylic acids is 2. The minimum atomic E-state index is -4.01. The normalized spacial score (nSPS) is 14.3. The fourth-order valence-electron chi connectivity index (χ4n) is 3.72. The molecule has 0 spiro atoms. The molecule has 34 heavy (non-hydrogen) atoms. The van der Waals surface area contributed by atoms with Crippen LogP contribution in [0.25, 0.3) is 5.70 Å². The van der Waals surface area contributed by atoms with Crippen molar-refractivity contribution in [3.8, 4) is 11.5 Å². The van der Waals surface area contributed by atoms with Crippen LogP contribution in [-0.2, 0) is 10.0 Å². The standard InChI is InChI=1S/C25H22N2O6S/c1-27-23(24(28)16-9-5-4-6-10-16)22(18-11-7-8-12-21(18)34(27,30)31)26-25(29)17-13-14-19(32-2)20(15-17)33-3/h4-15H,1-3H3,(H,26,29). The lowest BCUT2D eigenvalue weighted by atomic mass is 10.0. The Hall–Kier alpha value is -4.11. The van der Waals surface area contributed by atoms with E-state index in [4.69, 9.17) is 9.47 Å². The number of rotatable bonds is 6. The van der Waals surface area contributed by atoms with E-state index in [-0.39, 0.29) is 33.0 Å². The third kappa shape index (κ3) is 3.90. The van der Waals surface area contributed by atoms with Crippen LogP contribution in [0.5, 0.6) is 11.5 Å². The summed E-state index contributed by atoms with van der Waals surface area (Å²) in [5.41, 5.74) is 0.705.